The SMILES string of the molecule is CCCCCCCCNC(=O)C(C)C(C)NC(=O)C(C)(CO)CO[P+](N(C)C)(N(C)C)N(C)C. The minimum absolute atomic E-state index is 0.0446. The van der Waals surface area contributed by atoms with E-state index in [2.05, 4.69) is 17.6 Å². The van der Waals surface area contributed by atoms with E-state index in [-0.39, 0.29) is 37.0 Å². The van der Waals surface area contributed by atoms with E-state index in [9.17, 15) is 14.7 Å². The summed E-state index contributed by atoms with van der Waals surface area (Å²) < 4.78 is 12.4. The fourth-order valence-corrected chi connectivity index (χ4v) is 7.14. The summed E-state index contributed by atoms with van der Waals surface area (Å²) in [5, 5.41) is 16.0. The zero-order valence-electron chi connectivity index (χ0n) is 23.5. The van der Waals surface area contributed by atoms with Crippen molar-refractivity contribution in [2.45, 2.75) is 72.3 Å². The van der Waals surface area contributed by atoms with Gasteiger partial charge in [0.2, 0.25) is 11.8 Å². The van der Waals surface area contributed by atoms with Gasteiger partial charge in [-0.15, -0.1) is 14.0 Å². The van der Waals surface area contributed by atoms with Crippen LogP contribution in [-0.4, -0.2) is 99.0 Å². The van der Waals surface area contributed by atoms with Crippen molar-refractivity contribution in [2.75, 3.05) is 62.0 Å². The number of unbranched alkanes of at least 4 members (excludes halogenated alkanes) is 5. The van der Waals surface area contributed by atoms with Gasteiger partial charge in [0, 0.05) is 54.9 Å². The first-order valence-corrected chi connectivity index (χ1v) is 14.1. The first kappa shape index (κ1) is 33.2. The van der Waals surface area contributed by atoms with Crippen LogP contribution in [0.1, 0.15) is 66.2 Å². The maximum absolute atomic E-state index is 13.1. The Kier molecular flexibility index (Phi) is 15.6. The molecule has 3 N–H and O–H groups in total. The van der Waals surface area contributed by atoms with Gasteiger partial charge in [0.15, 0.2) is 0 Å². The lowest BCUT2D eigenvalue weighted by molar-refractivity contribution is -0.136. The molecule has 0 aliphatic carbocycles. The Labute approximate surface area is 209 Å². The van der Waals surface area contributed by atoms with Gasteiger partial charge in [0.25, 0.3) is 0 Å². The van der Waals surface area contributed by atoms with E-state index in [1.807, 2.05) is 70.1 Å². The Morgan fingerprint density at radius 1 is 0.941 bits per heavy atom. The molecule has 0 saturated carbocycles. The summed E-state index contributed by atoms with van der Waals surface area (Å²) in [4.78, 5) is 25.7. The molecule has 0 radical (unpaired) electrons. The van der Waals surface area contributed by atoms with Gasteiger partial charge in [-0.1, -0.05) is 46.0 Å². The van der Waals surface area contributed by atoms with Crippen molar-refractivity contribution in [3.63, 3.8) is 0 Å². The Bertz CT molecular complexity index is 584. The van der Waals surface area contributed by atoms with E-state index >= 15 is 0 Å². The molecule has 0 aromatic rings. The molecule has 0 spiro atoms. The van der Waals surface area contributed by atoms with Gasteiger partial charge in [-0.25, -0.2) is 0 Å². The second-order valence-electron chi connectivity index (χ2n) is 10.2. The Morgan fingerprint density at radius 3 is 1.91 bits per heavy atom. The molecule has 0 aliphatic heterocycles. The Morgan fingerprint density at radius 2 is 1.44 bits per heavy atom. The summed E-state index contributed by atoms with van der Waals surface area (Å²) in [6, 6.07) is -0.376. The highest BCUT2D eigenvalue weighted by atomic mass is 31.2. The molecule has 0 bridgehead atoms. The van der Waals surface area contributed by atoms with E-state index in [0.717, 1.165) is 12.8 Å². The van der Waals surface area contributed by atoms with Crippen LogP contribution in [0.5, 0.6) is 0 Å². The minimum Gasteiger partial charge on any atom is -0.395 e. The molecule has 10 heteroatoms. The molecule has 34 heavy (non-hydrogen) atoms. The maximum atomic E-state index is 13.1. The number of nitrogens with one attached hydrogen (secondary N) is 2. The smallest absolute Gasteiger partial charge is 0.369 e. The number of aliphatic hydroxyl groups is 1. The number of hydrogen-bond acceptors (Lipinski definition) is 7. The normalized spacial score (nSPS) is 15.9. The molecule has 3 unspecified atom stereocenters. The highest BCUT2D eigenvalue weighted by Gasteiger charge is 2.52. The maximum Gasteiger partial charge on any atom is 0.369 e. The van der Waals surface area contributed by atoms with E-state index in [0.29, 0.717) is 6.54 Å². The summed E-state index contributed by atoms with van der Waals surface area (Å²) in [6.45, 7) is 7.86. The fraction of sp³-hybridized carbons (Fsp3) is 0.917. The number of carbonyl (C=O) groups excluding carboxylic acids is 2. The summed E-state index contributed by atoms with van der Waals surface area (Å²) in [7, 11) is 9.34. The van der Waals surface area contributed by atoms with Crippen LogP contribution in [0.25, 0.3) is 0 Å². The third-order valence-corrected chi connectivity index (χ3v) is 9.97. The molecular weight excluding hydrogens is 453 g/mol. The molecule has 0 aromatic carbocycles. The van der Waals surface area contributed by atoms with Gasteiger partial charge in [-0.2, -0.15) is 4.52 Å². The lowest BCUT2D eigenvalue weighted by Crippen LogP contribution is -2.52. The van der Waals surface area contributed by atoms with Crippen LogP contribution in [-0.2, 0) is 14.1 Å². The highest BCUT2D eigenvalue weighted by Crippen LogP contribution is 2.65. The van der Waals surface area contributed by atoms with Crippen molar-refractivity contribution >= 4 is 19.8 Å². The number of amides is 2. The minimum atomic E-state index is -2.31. The molecular formula is C24H53N5O4P+. The number of hydrogen-bond donors (Lipinski definition) is 3. The van der Waals surface area contributed by atoms with Gasteiger partial charge in [-0.05, 0) is 20.3 Å². The van der Waals surface area contributed by atoms with Crippen LogP contribution in [0.2, 0.25) is 0 Å². The average Bonchev–Trinajstić information content (AvgIpc) is 2.76. The topological polar surface area (TPSA) is 97.4 Å². The molecule has 0 aromatic heterocycles. The summed E-state index contributed by atoms with van der Waals surface area (Å²) in [6.07, 6.45) is 7.03. The van der Waals surface area contributed by atoms with Crippen LogP contribution < -0.4 is 10.6 Å². The number of carbonyl (C=O) groups is 2. The van der Waals surface area contributed by atoms with Crippen molar-refractivity contribution in [1.82, 2.24) is 24.6 Å². The summed E-state index contributed by atoms with van der Waals surface area (Å²) in [5.74, 6) is -0.779. The molecule has 0 fully saturated rings. The number of aliphatic hydroxyl groups excluding tert-OH is 1. The molecule has 9 nitrogen and oxygen atoms in total. The van der Waals surface area contributed by atoms with Crippen molar-refractivity contribution in [1.29, 1.82) is 0 Å². The van der Waals surface area contributed by atoms with Crippen LogP contribution in [0.4, 0.5) is 0 Å². The number of rotatable bonds is 18. The van der Waals surface area contributed by atoms with Crippen LogP contribution >= 0.6 is 7.94 Å². The van der Waals surface area contributed by atoms with E-state index in [4.69, 9.17) is 4.52 Å². The second kappa shape index (κ2) is 16.0. The average molecular weight is 507 g/mol. The van der Waals surface area contributed by atoms with E-state index in [1.54, 1.807) is 6.92 Å². The van der Waals surface area contributed by atoms with Gasteiger partial charge < -0.3 is 15.7 Å². The number of nitrogens with zero attached hydrogens (tertiary/aromatic N) is 3. The van der Waals surface area contributed by atoms with E-state index in [1.165, 1.54) is 25.7 Å². The van der Waals surface area contributed by atoms with Gasteiger partial charge in [0.05, 0.1) is 17.9 Å². The van der Waals surface area contributed by atoms with Gasteiger partial charge in [0.1, 0.15) is 6.61 Å². The lowest BCUT2D eigenvalue weighted by atomic mass is 9.90. The predicted molar refractivity (Wildman–Crippen MR) is 142 cm³/mol. The third-order valence-electron chi connectivity index (χ3n) is 6.37. The fourth-order valence-electron chi connectivity index (χ4n) is 3.84. The van der Waals surface area contributed by atoms with Crippen molar-refractivity contribution in [3.8, 4) is 0 Å². The molecule has 0 saturated heterocycles. The standard InChI is InChI=1S/C24H52N5O4P/c1-11-12-13-14-15-16-17-25-22(31)20(2)21(3)26-23(32)24(4,18-30)19-33-34(27(5)6,28(7)8)29(9)10/h20-21,30H,11-19H2,1-10H3,(H-,25,26,31,32)/p+1. The second-order valence-corrected chi connectivity index (χ2v) is 13.8. The molecule has 0 aliphatic rings. The Hall–Kier alpha value is -0.830. The van der Waals surface area contributed by atoms with Crippen molar-refractivity contribution < 1.29 is 19.2 Å². The van der Waals surface area contributed by atoms with Crippen LogP contribution in [0.3, 0.4) is 0 Å². The van der Waals surface area contributed by atoms with Gasteiger partial charge in [-0.3, -0.25) is 9.59 Å². The quantitative estimate of drug-likeness (QED) is 0.194. The molecule has 2 amide bonds. The molecule has 3 atom stereocenters. The molecule has 0 rings (SSSR count). The predicted octanol–water partition coefficient (Wildman–Crippen LogP) is 2.98. The summed E-state index contributed by atoms with van der Waals surface area (Å²) in [5.41, 5.74) is -1.14. The molecule has 0 heterocycles. The monoisotopic (exact) mass is 506 g/mol. The lowest BCUT2D eigenvalue weighted by Gasteiger charge is -2.39. The Balaban J connectivity index is 4.93. The van der Waals surface area contributed by atoms with Crippen molar-refractivity contribution in [2.24, 2.45) is 11.3 Å². The zero-order chi connectivity index (χ0) is 26.5. The summed E-state index contributed by atoms with van der Waals surface area (Å²) >= 11 is 0. The largest absolute Gasteiger partial charge is 0.395 e. The van der Waals surface area contributed by atoms with Crippen LogP contribution in [0, 0.1) is 11.3 Å². The highest BCUT2D eigenvalue weighted by molar-refractivity contribution is 7.64. The third kappa shape index (κ3) is 9.67. The zero-order valence-corrected chi connectivity index (χ0v) is 24.4. The van der Waals surface area contributed by atoms with Crippen LogP contribution in [0.15, 0.2) is 0 Å². The van der Waals surface area contributed by atoms with E-state index < -0.39 is 13.4 Å². The first-order valence-electron chi connectivity index (χ1n) is 12.6. The molecule has 202 valence electrons. The first-order chi connectivity index (χ1) is 15.8. The van der Waals surface area contributed by atoms with Gasteiger partial charge >= 0.3 is 7.94 Å². The van der Waals surface area contributed by atoms with Crippen molar-refractivity contribution in [3.05, 3.63) is 0 Å².